The number of nitrogens with zero attached hydrogens (tertiary/aromatic N) is 4. The highest BCUT2D eigenvalue weighted by Crippen LogP contribution is 2.23. The summed E-state index contributed by atoms with van der Waals surface area (Å²) in [6.07, 6.45) is 2.64. The van der Waals surface area contributed by atoms with E-state index < -0.39 is 0 Å². The van der Waals surface area contributed by atoms with Crippen molar-refractivity contribution in [3.63, 3.8) is 0 Å². The van der Waals surface area contributed by atoms with Gasteiger partial charge < -0.3 is 20.4 Å². The molecule has 7 nitrogen and oxygen atoms in total. The average molecular weight is 397 g/mol. The van der Waals surface area contributed by atoms with Crippen LogP contribution in [0.3, 0.4) is 0 Å². The molecule has 2 N–H and O–H groups in total. The number of para-hydroxylation sites is 1. The molecule has 0 saturated carbocycles. The van der Waals surface area contributed by atoms with Gasteiger partial charge in [-0.25, -0.2) is 4.98 Å². The first kappa shape index (κ1) is 20.9. The fraction of sp³-hybridized carbons (Fsp3) is 0.500. The maximum atomic E-state index is 11.6. The number of amides is 1. The highest BCUT2D eigenvalue weighted by molar-refractivity contribution is 5.85. The molecule has 0 aliphatic carbocycles. The fourth-order valence-electron chi connectivity index (χ4n) is 3.83. The highest BCUT2D eigenvalue weighted by atomic mass is 16.1. The Hall–Kier alpha value is -2.83. The number of fused-ring (bicyclic) bond motifs is 1. The van der Waals surface area contributed by atoms with Gasteiger partial charge in [0.05, 0.1) is 5.52 Å². The van der Waals surface area contributed by atoms with Crippen molar-refractivity contribution in [1.29, 1.82) is 0 Å². The molecular formula is C22H32N6O. The predicted octanol–water partition coefficient (Wildman–Crippen LogP) is 2.22. The molecule has 156 valence electrons. The molecule has 2 heterocycles. The van der Waals surface area contributed by atoms with Crippen molar-refractivity contribution in [3.8, 4) is 0 Å². The second-order valence-electron chi connectivity index (χ2n) is 7.76. The van der Waals surface area contributed by atoms with Gasteiger partial charge in [0.1, 0.15) is 5.82 Å². The molecule has 2 aromatic rings. The lowest BCUT2D eigenvalue weighted by Gasteiger charge is -2.34. The van der Waals surface area contributed by atoms with Gasteiger partial charge in [-0.2, -0.15) is 0 Å². The number of rotatable bonds is 5. The van der Waals surface area contributed by atoms with E-state index in [0.717, 1.165) is 48.6 Å². The van der Waals surface area contributed by atoms with Crippen LogP contribution in [0.15, 0.2) is 35.3 Å². The quantitative estimate of drug-likeness (QED) is 0.599. The monoisotopic (exact) mass is 396 g/mol. The number of carbonyl (C=O) groups is 1. The van der Waals surface area contributed by atoms with Gasteiger partial charge in [0.25, 0.3) is 0 Å². The zero-order valence-corrected chi connectivity index (χ0v) is 17.9. The number of piperidine rings is 1. The number of anilines is 1. The molecule has 0 radical (unpaired) electrons. The third-order valence-corrected chi connectivity index (χ3v) is 5.56. The highest BCUT2D eigenvalue weighted by Gasteiger charge is 2.23. The SMILES string of the molecule is CN=C(NCc1cc(N(C)C)nc2ccccc12)N1CCC(CC(=O)NC)CC1. The fourth-order valence-corrected chi connectivity index (χ4v) is 3.83. The van der Waals surface area contributed by atoms with Gasteiger partial charge in [0.15, 0.2) is 5.96 Å². The summed E-state index contributed by atoms with van der Waals surface area (Å²) in [5.41, 5.74) is 2.20. The van der Waals surface area contributed by atoms with Crippen LogP contribution in [0.4, 0.5) is 5.82 Å². The molecule has 3 rings (SSSR count). The Balaban J connectivity index is 1.67. The van der Waals surface area contributed by atoms with Crippen molar-refractivity contribution in [1.82, 2.24) is 20.5 Å². The second-order valence-corrected chi connectivity index (χ2v) is 7.76. The van der Waals surface area contributed by atoms with Crippen LogP contribution >= 0.6 is 0 Å². The van der Waals surface area contributed by atoms with Crippen LogP contribution < -0.4 is 15.5 Å². The third-order valence-electron chi connectivity index (χ3n) is 5.56. The summed E-state index contributed by atoms with van der Waals surface area (Å²) in [5.74, 6) is 2.45. The minimum absolute atomic E-state index is 0.132. The molecule has 1 saturated heterocycles. The lowest BCUT2D eigenvalue weighted by molar-refractivity contribution is -0.121. The van der Waals surface area contributed by atoms with E-state index in [4.69, 9.17) is 4.98 Å². The number of nitrogens with one attached hydrogen (secondary N) is 2. The minimum atomic E-state index is 0.132. The van der Waals surface area contributed by atoms with Crippen LogP contribution in [0.2, 0.25) is 0 Å². The Bertz CT molecular complexity index is 871. The van der Waals surface area contributed by atoms with E-state index in [1.807, 2.05) is 32.1 Å². The zero-order valence-electron chi connectivity index (χ0n) is 17.9. The molecule has 1 aromatic carbocycles. The first-order valence-electron chi connectivity index (χ1n) is 10.2. The van der Waals surface area contributed by atoms with Gasteiger partial charge in [-0.1, -0.05) is 18.2 Å². The summed E-state index contributed by atoms with van der Waals surface area (Å²) >= 11 is 0. The van der Waals surface area contributed by atoms with Crippen molar-refractivity contribution in [2.75, 3.05) is 46.2 Å². The van der Waals surface area contributed by atoms with Crippen LogP contribution in [0, 0.1) is 5.92 Å². The lowest BCUT2D eigenvalue weighted by Crippen LogP contribution is -2.45. The summed E-state index contributed by atoms with van der Waals surface area (Å²) in [5, 5.41) is 7.41. The molecule has 0 atom stereocenters. The number of aliphatic imine (C=N–C) groups is 1. The normalized spacial score (nSPS) is 15.4. The van der Waals surface area contributed by atoms with E-state index in [0.29, 0.717) is 18.9 Å². The van der Waals surface area contributed by atoms with Gasteiger partial charge in [-0.05, 0) is 36.5 Å². The van der Waals surface area contributed by atoms with Crippen molar-refractivity contribution in [2.24, 2.45) is 10.9 Å². The number of hydrogen-bond donors (Lipinski definition) is 2. The van der Waals surface area contributed by atoms with E-state index in [-0.39, 0.29) is 5.91 Å². The third kappa shape index (κ3) is 5.16. The van der Waals surface area contributed by atoms with Crippen LogP contribution in [0.25, 0.3) is 10.9 Å². The summed E-state index contributed by atoms with van der Waals surface area (Å²) < 4.78 is 0. The Morgan fingerprint density at radius 1 is 1.28 bits per heavy atom. The van der Waals surface area contributed by atoms with Crippen molar-refractivity contribution in [2.45, 2.75) is 25.8 Å². The molecule has 0 unspecified atom stereocenters. The summed E-state index contributed by atoms with van der Waals surface area (Å²) in [6.45, 7) is 2.53. The van der Waals surface area contributed by atoms with Crippen LogP contribution in [0.1, 0.15) is 24.8 Å². The maximum absolute atomic E-state index is 11.6. The van der Waals surface area contributed by atoms with E-state index in [9.17, 15) is 4.79 Å². The molecule has 1 aromatic heterocycles. The van der Waals surface area contributed by atoms with Crippen LogP contribution in [-0.4, -0.2) is 63.0 Å². The number of benzene rings is 1. The first-order valence-corrected chi connectivity index (χ1v) is 10.2. The van der Waals surface area contributed by atoms with E-state index in [1.165, 1.54) is 5.56 Å². The molecular weight excluding hydrogens is 364 g/mol. The van der Waals surface area contributed by atoms with E-state index in [1.54, 1.807) is 7.05 Å². The maximum Gasteiger partial charge on any atom is 0.220 e. The Morgan fingerprint density at radius 3 is 2.66 bits per heavy atom. The molecule has 0 spiro atoms. The largest absolute Gasteiger partial charge is 0.363 e. The van der Waals surface area contributed by atoms with Gasteiger partial charge in [0, 0.05) is 59.6 Å². The molecule has 1 amide bonds. The first-order chi connectivity index (χ1) is 14.0. The number of carbonyl (C=O) groups excluding carboxylic acids is 1. The van der Waals surface area contributed by atoms with Gasteiger partial charge in [-0.3, -0.25) is 9.79 Å². The van der Waals surface area contributed by atoms with E-state index >= 15 is 0 Å². The number of guanidine groups is 1. The summed E-state index contributed by atoms with van der Waals surface area (Å²) in [4.78, 5) is 25.2. The Kier molecular flexibility index (Phi) is 6.90. The van der Waals surface area contributed by atoms with Crippen molar-refractivity contribution in [3.05, 3.63) is 35.9 Å². The summed E-state index contributed by atoms with van der Waals surface area (Å²) in [6, 6.07) is 10.4. The lowest BCUT2D eigenvalue weighted by atomic mass is 9.93. The van der Waals surface area contributed by atoms with Gasteiger partial charge in [0.2, 0.25) is 5.91 Å². The molecule has 7 heteroatoms. The van der Waals surface area contributed by atoms with Crippen molar-refractivity contribution >= 4 is 28.6 Å². The van der Waals surface area contributed by atoms with Crippen LogP contribution in [0.5, 0.6) is 0 Å². The number of hydrogen-bond acceptors (Lipinski definition) is 4. The van der Waals surface area contributed by atoms with Gasteiger partial charge >= 0.3 is 0 Å². The van der Waals surface area contributed by atoms with Crippen molar-refractivity contribution < 1.29 is 4.79 Å². The molecule has 1 aliphatic heterocycles. The molecule has 0 bridgehead atoms. The molecule has 1 aliphatic rings. The number of likely N-dealkylation sites (tertiary alicyclic amines) is 1. The van der Waals surface area contributed by atoms with E-state index in [2.05, 4.69) is 44.8 Å². The smallest absolute Gasteiger partial charge is 0.220 e. The Morgan fingerprint density at radius 2 is 2.00 bits per heavy atom. The second kappa shape index (κ2) is 9.58. The zero-order chi connectivity index (χ0) is 20.8. The average Bonchev–Trinajstić information content (AvgIpc) is 2.74. The topological polar surface area (TPSA) is 72.9 Å². The predicted molar refractivity (Wildman–Crippen MR) is 119 cm³/mol. The van der Waals surface area contributed by atoms with Crippen LogP contribution in [-0.2, 0) is 11.3 Å². The molecule has 1 fully saturated rings. The Labute approximate surface area is 173 Å². The molecule has 29 heavy (non-hydrogen) atoms. The standard InChI is InChI=1S/C22H32N6O/c1-23-21(29)13-16-9-11-28(12-10-16)22(24-2)25-15-17-14-20(27(3)4)26-19-8-6-5-7-18(17)19/h5-8,14,16H,9-13,15H2,1-4H3,(H,23,29)(H,24,25). The number of pyridine rings is 1. The summed E-state index contributed by atoms with van der Waals surface area (Å²) in [7, 11) is 7.55. The minimum Gasteiger partial charge on any atom is -0.363 e. The van der Waals surface area contributed by atoms with Gasteiger partial charge in [-0.15, -0.1) is 0 Å². The number of aromatic nitrogens is 1.